The molecule has 0 spiro atoms. The number of benzene rings is 3. The predicted molar refractivity (Wildman–Crippen MR) is 141 cm³/mol. The maximum absolute atomic E-state index is 15.1. The van der Waals surface area contributed by atoms with Gasteiger partial charge < -0.3 is 9.99 Å². The van der Waals surface area contributed by atoms with Crippen molar-refractivity contribution in [1.29, 1.82) is 0 Å². The molecule has 35 heavy (non-hydrogen) atoms. The van der Waals surface area contributed by atoms with E-state index >= 15 is 4.57 Å². The van der Waals surface area contributed by atoms with Crippen LogP contribution in [0.3, 0.4) is 0 Å². The molecule has 1 unspecified atom stereocenters. The first-order valence-electron chi connectivity index (χ1n) is 11.3. The average Bonchev–Trinajstić information content (AvgIpc) is 3.26. The minimum absolute atomic E-state index is 0.0143. The van der Waals surface area contributed by atoms with Gasteiger partial charge in [-0.2, -0.15) is 9.88 Å². The number of anilines is 3. The molecule has 8 nitrogen and oxygen atoms in total. The number of rotatable bonds is 4. The lowest BCUT2D eigenvalue weighted by Gasteiger charge is -2.31. The van der Waals surface area contributed by atoms with E-state index in [2.05, 4.69) is 41.1 Å². The van der Waals surface area contributed by atoms with Gasteiger partial charge in [-0.05, 0) is 42.3 Å². The van der Waals surface area contributed by atoms with Crippen molar-refractivity contribution in [3.63, 3.8) is 0 Å². The Balaban J connectivity index is 1.70. The summed E-state index contributed by atoms with van der Waals surface area (Å²) in [5.74, 6) is 0. The van der Waals surface area contributed by atoms with Crippen LogP contribution in [0.5, 0.6) is 0 Å². The van der Waals surface area contributed by atoms with Crippen LogP contribution in [0.2, 0.25) is 0 Å². The first-order valence-corrected chi connectivity index (χ1v) is 12.9. The minimum atomic E-state index is -3.57. The van der Waals surface area contributed by atoms with Crippen LogP contribution < -0.4 is 14.8 Å². The van der Waals surface area contributed by atoms with Gasteiger partial charge in [-0.15, -0.1) is 0 Å². The van der Waals surface area contributed by atoms with Crippen LogP contribution in [-0.4, -0.2) is 18.2 Å². The van der Waals surface area contributed by atoms with Gasteiger partial charge in [0, 0.05) is 41.7 Å². The third kappa shape index (κ3) is 3.53. The van der Waals surface area contributed by atoms with Crippen molar-refractivity contribution >= 4 is 36.4 Å². The number of hydrogen-bond donors (Lipinski definition) is 1. The number of nitrogens with zero attached hydrogens (tertiary/aromatic N) is 4. The lowest BCUT2D eigenvalue weighted by Crippen LogP contribution is -2.27. The van der Waals surface area contributed by atoms with Crippen LogP contribution in [0.1, 0.15) is 25.0 Å². The summed E-state index contributed by atoms with van der Waals surface area (Å²) in [4.78, 5) is 12.9. The SMILES string of the molecule is Cc1cc([N+](=O)[O-])ccc1NP1(=O)/C(=C2/N(C)c3ccccc3C2(C)C)C=NN1c1ccccc1. The number of fused-ring (bicyclic) bond motifs is 1. The van der Waals surface area contributed by atoms with Gasteiger partial charge in [0.15, 0.2) is 0 Å². The van der Waals surface area contributed by atoms with Crippen LogP contribution in [0.25, 0.3) is 0 Å². The molecule has 1 N–H and O–H groups in total. The average molecular weight is 488 g/mol. The number of non-ortho nitro benzene ring substituents is 1. The molecule has 3 aromatic rings. The molecular weight excluding hydrogens is 461 g/mol. The molecule has 3 aromatic carbocycles. The molecule has 178 valence electrons. The minimum Gasteiger partial charge on any atom is -0.346 e. The third-order valence-electron chi connectivity index (χ3n) is 6.67. The standard InChI is InChI=1S/C26H26N5O3P/c1-18-16-20(31(32)33)14-15-22(18)28-35(34)24(17-27-30(35)19-10-6-5-7-11-19)25-26(2,3)21-12-8-9-13-23(21)29(25)4/h5-17H,1-4H3,(H,28,34)/b25-24+. The number of aryl methyl sites for hydroxylation is 1. The summed E-state index contributed by atoms with van der Waals surface area (Å²) in [5.41, 5.74) is 4.54. The van der Waals surface area contributed by atoms with E-state index in [0.29, 0.717) is 22.3 Å². The quantitative estimate of drug-likeness (QED) is 0.252. The zero-order chi connectivity index (χ0) is 25.0. The maximum Gasteiger partial charge on any atom is 0.313 e. The van der Waals surface area contributed by atoms with Crippen molar-refractivity contribution in [2.45, 2.75) is 26.2 Å². The van der Waals surface area contributed by atoms with Crippen molar-refractivity contribution in [2.24, 2.45) is 5.10 Å². The molecule has 0 fully saturated rings. The Morgan fingerprint density at radius 1 is 1.03 bits per heavy atom. The molecule has 0 saturated heterocycles. The van der Waals surface area contributed by atoms with Crippen molar-refractivity contribution in [2.75, 3.05) is 21.8 Å². The van der Waals surface area contributed by atoms with Gasteiger partial charge in [0.05, 0.1) is 22.1 Å². The van der Waals surface area contributed by atoms with Gasteiger partial charge in [0.25, 0.3) is 5.69 Å². The molecule has 1 atom stereocenters. The van der Waals surface area contributed by atoms with Gasteiger partial charge in [0.2, 0.25) is 0 Å². The monoisotopic (exact) mass is 487 g/mol. The number of likely N-dealkylation sites (N-methyl/N-ethyl adjacent to an activating group) is 1. The lowest BCUT2D eigenvalue weighted by molar-refractivity contribution is -0.384. The molecule has 0 aromatic heterocycles. The van der Waals surface area contributed by atoms with Crippen molar-refractivity contribution in [1.82, 2.24) is 0 Å². The Morgan fingerprint density at radius 2 is 1.71 bits per heavy atom. The number of nitro groups is 1. The Morgan fingerprint density at radius 3 is 2.37 bits per heavy atom. The molecule has 0 radical (unpaired) electrons. The molecular formula is C26H26N5O3P. The fraction of sp³-hybridized carbons (Fsp3) is 0.192. The summed E-state index contributed by atoms with van der Waals surface area (Å²) in [6.07, 6.45) is 1.68. The number of para-hydroxylation sites is 2. The topological polar surface area (TPSA) is 91.1 Å². The number of hydrogen-bond acceptors (Lipinski definition) is 5. The largest absolute Gasteiger partial charge is 0.346 e. The highest BCUT2D eigenvalue weighted by Crippen LogP contribution is 2.65. The normalized spacial score (nSPS) is 22.4. The van der Waals surface area contributed by atoms with Gasteiger partial charge >= 0.3 is 7.44 Å². The summed E-state index contributed by atoms with van der Waals surface area (Å²) < 4.78 is 16.6. The molecule has 9 heteroatoms. The lowest BCUT2D eigenvalue weighted by atomic mass is 9.84. The zero-order valence-electron chi connectivity index (χ0n) is 20.0. The highest BCUT2D eigenvalue weighted by molar-refractivity contribution is 7.72. The Kier molecular flexibility index (Phi) is 5.29. The van der Waals surface area contributed by atoms with Crippen LogP contribution >= 0.6 is 7.44 Å². The van der Waals surface area contributed by atoms with E-state index in [-0.39, 0.29) is 5.69 Å². The van der Waals surface area contributed by atoms with E-state index in [4.69, 9.17) is 0 Å². The molecule has 0 amide bonds. The highest BCUT2D eigenvalue weighted by atomic mass is 31.2. The number of nitrogens with one attached hydrogen (secondary N) is 1. The van der Waals surface area contributed by atoms with Crippen molar-refractivity contribution in [3.8, 4) is 0 Å². The summed E-state index contributed by atoms with van der Waals surface area (Å²) in [7, 11) is -1.58. The summed E-state index contributed by atoms with van der Waals surface area (Å²) in [5, 5.41) is 19.7. The van der Waals surface area contributed by atoms with E-state index in [9.17, 15) is 10.1 Å². The van der Waals surface area contributed by atoms with Crippen molar-refractivity contribution in [3.05, 3.63) is 105 Å². The van der Waals surface area contributed by atoms with Gasteiger partial charge in [-0.3, -0.25) is 14.7 Å². The first-order chi connectivity index (χ1) is 16.6. The van der Waals surface area contributed by atoms with E-state index in [1.165, 1.54) is 12.1 Å². The molecule has 0 saturated carbocycles. The highest BCUT2D eigenvalue weighted by Gasteiger charge is 2.48. The maximum atomic E-state index is 15.1. The molecule has 2 aliphatic rings. The van der Waals surface area contributed by atoms with Crippen molar-refractivity contribution < 1.29 is 9.49 Å². The second kappa shape index (κ2) is 8.10. The van der Waals surface area contributed by atoms with Crippen LogP contribution in [0, 0.1) is 17.0 Å². The smallest absolute Gasteiger partial charge is 0.313 e. The Hall–Kier alpha value is -3.90. The molecule has 2 heterocycles. The molecule has 5 rings (SSSR count). The summed E-state index contributed by atoms with van der Waals surface area (Å²) in [6.45, 7) is 6.01. The van der Waals surface area contributed by atoms with E-state index < -0.39 is 17.8 Å². The third-order valence-corrected chi connectivity index (χ3v) is 9.06. The second-order valence-corrected chi connectivity index (χ2v) is 11.5. The predicted octanol–water partition coefficient (Wildman–Crippen LogP) is 6.65. The van der Waals surface area contributed by atoms with Gasteiger partial charge in [-0.25, -0.2) is 0 Å². The fourth-order valence-corrected chi connectivity index (χ4v) is 7.55. The molecule has 0 bridgehead atoms. The van der Waals surface area contributed by atoms with Gasteiger partial charge in [-0.1, -0.05) is 50.2 Å². The Labute approximate surface area is 204 Å². The second-order valence-electron chi connectivity index (χ2n) is 9.25. The Bertz CT molecular complexity index is 1450. The summed E-state index contributed by atoms with van der Waals surface area (Å²) >= 11 is 0. The van der Waals surface area contributed by atoms with Crippen LogP contribution in [-0.2, 0) is 9.98 Å². The van der Waals surface area contributed by atoms with E-state index in [1.54, 1.807) is 24.0 Å². The molecule has 0 aliphatic carbocycles. The van der Waals surface area contributed by atoms with Gasteiger partial charge in [0.1, 0.15) is 0 Å². The number of hydrazone groups is 1. The number of allylic oxidation sites excluding steroid dienone is 2. The zero-order valence-corrected chi connectivity index (χ0v) is 20.9. The van der Waals surface area contributed by atoms with Crippen LogP contribution in [0.4, 0.5) is 22.7 Å². The van der Waals surface area contributed by atoms with Crippen LogP contribution in [0.15, 0.2) is 88.9 Å². The number of nitro benzene ring substituents is 1. The first kappa shape index (κ1) is 22.9. The molecule has 2 aliphatic heterocycles. The summed E-state index contributed by atoms with van der Waals surface area (Å²) in [6, 6.07) is 22.0. The fourth-order valence-electron chi connectivity index (χ4n) is 4.97. The van der Waals surface area contributed by atoms with E-state index in [0.717, 1.165) is 16.9 Å². The van der Waals surface area contributed by atoms with E-state index in [1.807, 2.05) is 49.5 Å².